The minimum absolute atomic E-state index is 0.156. The lowest BCUT2D eigenvalue weighted by Crippen LogP contribution is -2.29. The second kappa shape index (κ2) is 7.66. The van der Waals surface area contributed by atoms with Crippen LogP contribution in [0.15, 0.2) is 0 Å². The Bertz CT molecular complexity index is 358. The molecule has 2 atom stereocenters. The molecule has 1 N–H and O–H groups in total. The van der Waals surface area contributed by atoms with Gasteiger partial charge in [-0.25, -0.2) is 0 Å². The summed E-state index contributed by atoms with van der Waals surface area (Å²) in [4.78, 5) is 22.6. The summed E-state index contributed by atoms with van der Waals surface area (Å²) < 4.78 is 43.1. The number of hydrogen-bond acceptors (Lipinski definition) is 3. The molecular formula is C14H23F3O4. The molecule has 0 saturated carbocycles. The van der Waals surface area contributed by atoms with Gasteiger partial charge in [-0.2, -0.15) is 13.2 Å². The predicted molar refractivity (Wildman–Crippen MR) is 70.7 cm³/mol. The first-order valence-corrected chi connectivity index (χ1v) is 6.88. The summed E-state index contributed by atoms with van der Waals surface area (Å²) in [6, 6.07) is 0. The normalized spacial score (nSPS) is 15.4. The number of carbonyl (C=O) groups is 2. The van der Waals surface area contributed by atoms with Crippen LogP contribution in [-0.4, -0.2) is 28.8 Å². The minimum atomic E-state index is -4.42. The summed E-state index contributed by atoms with van der Waals surface area (Å²) >= 11 is 0. The Kier molecular flexibility index (Phi) is 7.19. The van der Waals surface area contributed by atoms with E-state index in [-0.39, 0.29) is 19.3 Å². The first kappa shape index (κ1) is 19.7. The van der Waals surface area contributed by atoms with E-state index >= 15 is 0 Å². The first-order valence-electron chi connectivity index (χ1n) is 6.88. The second-order valence-corrected chi connectivity index (χ2v) is 6.04. The molecule has 0 amide bonds. The standard InChI is InChI=1S/C14H23F3O4/c1-5-10(14(15,16)17)8-9(12(19)20)6-7-11(18)21-13(2,3)4/h9-10H,5-8H2,1-4H3,(H,19,20)/t9-,10-/m1/s1. The molecule has 0 fully saturated rings. The third-order valence-corrected chi connectivity index (χ3v) is 2.99. The largest absolute Gasteiger partial charge is 0.481 e. The van der Waals surface area contributed by atoms with Gasteiger partial charge in [0.2, 0.25) is 0 Å². The van der Waals surface area contributed by atoms with Crippen LogP contribution in [0.1, 0.15) is 53.4 Å². The van der Waals surface area contributed by atoms with Crippen LogP contribution >= 0.6 is 0 Å². The number of carboxylic acids is 1. The van der Waals surface area contributed by atoms with E-state index in [2.05, 4.69) is 0 Å². The molecule has 4 nitrogen and oxygen atoms in total. The van der Waals surface area contributed by atoms with Crippen LogP contribution in [0.3, 0.4) is 0 Å². The number of esters is 1. The minimum Gasteiger partial charge on any atom is -0.481 e. The van der Waals surface area contributed by atoms with Gasteiger partial charge in [-0.05, 0) is 40.0 Å². The highest BCUT2D eigenvalue weighted by atomic mass is 19.4. The molecule has 0 aromatic rings. The first-order chi connectivity index (χ1) is 9.36. The van der Waals surface area contributed by atoms with E-state index in [0.29, 0.717) is 0 Å². The van der Waals surface area contributed by atoms with Crippen molar-refractivity contribution in [1.29, 1.82) is 0 Å². The average Bonchev–Trinajstić information content (AvgIpc) is 2.24. The maximum Gasteiger partial charge on any atom is 0.391 e. The number of halogens is 3. The van der Waals surface area contributed by atoms with E-state index in [1.807, 2.05) is 0 Å². The molecule has 0 aromatic carbocycles. The van der Waals surface area contributed by atoms with Crippen LogP contribution in [-0.2, 0) is 14.3 Å². The van der Waals surface area contributed by atoms with Gasteiger partial charge in [0.05, 0.1) is 11.8 Å². The van der Waals surface area contributed by atoms with E-state index in [9.17, 15) is 22.8 Å². The highest BCUT2D eigenvalue weighted by Gasteiger charge is 2.40. The SMILES string of the molecule is CC[C@H](C[C@@H](CCC(=O)OC(C)(C)C)C(=O)O)C(F)(F)F. The molecule has 0 radical (unpaired) electrons. The Labute approximate surface area is 122 Å². The van der Waals surface area contributed by atoms with E-state index in [4.69, 9.17) is 9.84 Å². The third-order valence-electron chi connectivity index (χ3n) is 2.99. The van der Waals surface area contributed by atoms with Crippen molar-refractivity contribution in [3.05, 3.63) is 0 Å². The van der Waals surface area contributed by atoms with Crippen LogP contribution in [0.2, 0.25) is 0 Å². The highest BCUT2D eigenvalue weighted by molar-refractivity contribution is 5.73. The molecular weight excluding hydrogens is 289 g/mol. The van der Waals surface area contributed by atoms with Gasteiger partial charge < -0.3 is 9.84 Å². The fourth-order valence-corrected chi connectivity index (χ4v) is 1.90. The molecule has 0 unspecified atom stereocenters. The summed E-state index contributed by atoms with van der Waals surface area (Å²) in [6.45, 7) is 6.36. The van der Waals surface area contributed by atoms with Crippen LogP contribution in [0, 0.1) is 11.8 Å². The molecule has 7 heteroatoms. The van der Waals surface area contributed by atoms with Gasteiger partial charge in [-0.3, -0.25) is 9.59 Å². The number of carbonyl (C=O) groups excluding carboxylic acids is 1. The van der Waals surface area contributed by atoms with Crippen molar-refractivity contribution in [2.75, 3.05) is 0 Å². The molecule has 21 heavy (non-hydrogen) atoms. The Morgan fingerprint density at radius 2 is 1.71 bits per heavy atom. The lowest BCUT2D eigenvalue weighted by atomic mass is 9.89. The second-order valence-electron chi connectivity index (χ2n) is 6.04. The van der Waals surface area contributed by atoms with Gasteiger partial charge in [-0.15, -0.1) is 0 Å². The Balaban J connectivity index is 4.58. The van der Waals surface area contributed by atoms with E-state index in [0.717, 1.165) is 0 Å². The molecule has 124 valence electrons. The van der Waals surface area contributed by atoms with Crippen molar-refractivity contribution in [3.63, 3.8) is 0 Å². The number of ether oxygens (including phenoxy) is 1. The van der Waals surface area contributed by atoms with Crippen LogP contribution < -0.4 is 0 Å². The quantitative estimate of drug-likeness (QED) is 0.726. The summed E-state index contributed by atoms with van der Waals surface area (Å²) in [5.41, 5.74) is -0.701. The fraction of sp³-hybridized carbons (Fsp3) is 0.857. The third kappa shape index (κ3) is 8.57. The zero-order valence-electron chi connectivity index (χ0n) is 12.8. The fourth-order valence-electron chi connectivity index (χ4n) is 1.90. The molecule has 0 aliphatic heterocycles. The number of hydrogen-bond donors (Lipinski definition) is 1. The summed E-state index contributed by atoms with van der Waals surface area (Å²) in [5.74, 6) is -4.80. The molecule has 0 rings (SSSR count). The number of rotatable bonds is 7. The topological polar surface area (TPSA) is 63.6 Å². The molecule has 0 heterocycles. The predicted octanol–water partition coefficient (Wildman–Crippen LogP) is 3.79. The maximum absolute atomic E-state index is 12.7. The van der Waals surface area contributed by atoms with Gasteiger partial charge in [0, 0.05) is 6.42 Å². The van der Waals surface area contributed by atoms with E-state index in [1.165, 1.54) is 6.92 Å². The van der Waals surface area contributed by atoms with Crippen molar-refractivity contribution >= 4 is 11.9 Å². The van der Waals surface area contributed by atoms with Gasteiger partial charge in [0.1, 0.15) is 5.60 Å². The monoisotopic (exact) mass is 312 g/mol. The Hall–Kier alpha value is -1.27. The van der Waals surface area contributed by atoms with Crippen LogP contribution in [0.5, 0.6) is 0 Å². The molecule has 0 aromatic heterocycles. The lowest BCUT2D eigenvalue weighted by molar-refractivity contribution is -0.182. The lowest BCUT2D eigenvalue weighted by Gasteiger charge is -2.23. The molecule has 0 aliphatic carbocycles. The molecule has 0 spiro atoms. The summed E-state index contributed by atoms with van der Waals surface area (Å²) in [7, 11) is 0. The smallest absolute Gasteiger partial charge is 0.391 e. The van der Waals surface area contributed by atoms with Gasteiger partial charge in [-0.1, -0.05) is 6.92 Å². The van der Waals surface area contributed by atoms with Crippen molar-refractivity contribution in [2.45, 2.75) is 65.2 Å². The van der Waals surface area contributed by atoms with Crippen molar-refractivity contribution in [1.82, 2.24) is 0 Å². The zero-order chi connectivity index (χ0) is 16.8. The maximum atomic E-state index is 12.7. The molecule has 0 aliphatic rings. The zero-order valence-corrected chi connectivity index (χ0v) is 12.8. The molecule has 0 saturated heterocycles. The van der Waals surface area contributed by atoms with E-state index < -0.39 is 42.0 Å². The summed E-state index contributed by atoms with van der Waals surface area (Å²) in [6.07, 6.45) is -5.48. The number of alkyl halides is 3. The van der Waals surface area contributed by atoms with Crippen LogP contribution in [0.25, 0.3) is 0 Å². The number of aliphatic carboxylic acids is 1. The van der Waals surface area contributed by atoms with Gasteiger partial charge in [0.25, 0.3) is 0 Å². The Morgan fingerprint density at radius 1 is 1.19 bits per heavy atom. The molecule has 0 bridgehead atoms. The number of carboxylic acid groups (broad SMARTS) is 1. The van der Waals surface area contributed by atoms with Crippen molar-refractivity contribution < 1.29 is 32.6 Å². The van der Waals surface area contributed by atoms with Crippen molar-refractivity contribution in [3.8, 4) is 0 Å². The summed E-state index contributed by atoms with van der Waals surface area (Å²) in [5, 5.41) is 9.01. The van der Waals surface area contributed by atoms with E-state index in [1.54, 1.807) is 20.8 Å². The van der Waals surface area contributed by atoms with Gasteiger partial charge >= 0.3 is 18.1 Å². The average molecular weight is 312 g/mol. The Morgan fingerprint density at radius 3 is 2.05 bits per heavy atom. The highest BCUT2D eigenvalue weighted by Crippen LogP contribution is 2.34. The van der Waals surface area contributed by atoms with Crippen molar-refractivity contribution in [2.24, 2.45) is 11.8 Å². The van der Waals surface area contributed by atoms with Crippen LogP contribution in [0.4, 0.5) is 13.2 Å². The van der Waals surface area contributed by atoms with Gasteiger partial charge in [0.15, 0.2) is 0 Å².